The Balaban J connectivity index is 0.909. The van der Waals surface area contributed by atoms with Crippen LogP contribution in [0.2, 0.25) is 0 Å². The van der Waals surface area contributed by atoms with Gasteiger partial charge in [-0.2, -0.15) is 0 Å². The summed E-state index contributed by atoms with van der Waals surface area (Å²) < 4.78 is 35.5. The largest absolute Gasteiger partial charge is 0.494 e. The molecule has 506 valence electrons. The summed E-state index contributed by atoms with van der Waals surface area (Å²) in [6.45, 7) is 1.83. The molecule has 4 heterocycles. The molecule has 1 aromatic heterocycles. The maximum atomic E-state index is 14.1. The van der Waals surface area contributed by atoms with E-state index in [-0.39, 0.29) is 109 Å². The van der Waals surface area contributed by atoms with Gasteiger partial charge in [0.2, 0.25) is 29.5 Å². The number of likely N-dealkylation sites (tertiary alicyclic amines) is 2. The molecule has 0 saturated carbocycles. The highest BCUT2D eigenvalue weighted by atomic mass is 127. The van der Waals surface area contributed by atoms with Gasteiger partial charge in [-0.3, -0.25) is 72.7 Å². The van der Waals surface area contributed by atoms with E-state index < -0.39 is 79.1 Å². The van der Waals surface area contributed by atoms with E-state index in [1.54, 1.807) is 37.8 Å². The summed E-state index contributed by atoms with van der Waals surface area (Å²) in [5.41, 5.74) is 1.95. The van der Waals surface area contributed by atoms with Gasteiger partial charge in [0.1, 0.15) is 11.8 Å². The number of carbonyl (C=O) groups excluding carboxylic acids is 6. The van der Waals surface area contributed by atoms with Crippen molar-refractivity contribution in [2.24, 2.45) is 10.9 Å². The van der Waals surface area contributed by atoms with E-state index in [0.717, 1.165) is 52.6 Å². The van der Waals surface area contributed by atoms with Gasteiger partial charge < -0.3 is 51.1 Å². The molecule has 0 unspecified atom stereocenters. The van der Waals surface area contributed by atoms with Crippen LogP contribution in [0.4, 0.5) is 8.78 Å². The number of hydrogen-bond acceptors (Lipinski definition) is 16. The number of halogens is 3. The van der Waals surface area contributed by atoms with Crippen molar-refractivity contribution in [3.63, 3.8) is 0 Å². The molecule has 3 saturated heterocycles. The van der Waals surface area contributed by atoms with Crippen LogP contribution in [-0.4, -0.2) is 259 Å². The number of hydrogen-bond donors (Lipinski definition) is 7. The minimum Gasteiger partial charge on any atom is -0.494 e. The van der Waals surface area contributed by atoms with Crippen LogP contribution in [0.3, 0.4) is 0 Å². The van der Waals surface area contributed by atoms with E-state index in [2.05, 4.69) is 53.8 Å². The zero-order valence-corrected chi connectivity index (χ0v) is 54.8. The van der Waals surface area contributed by atoms with Crippen molar-refractivity contribution in [3.05, 3.63) is 69.4 Å². The molecule has 0 radical (unpaired) electrons. The van der Waals surface area contributed by atoms with Crippen molar-refractivity contribution < 1.29 is 72.0 Å². The number of piperidine rings is 1. The Labute approximate surface area is 549 Å². The van der Waals surface area contributed by atoms with Crippen molar-refractivity contribution >= 4 is 93.1 Å². The van der Waals surface area contributed by atoms with Crippen LogP contribution in [0.1, 0.15) is 106 Å². The number of carboxylic acids is 3. The normalized spacial score (nSPS) is 17.8. The Hall–Kier alpha value is -7.02. The number of alkyl halides is 2. The van der Waals surface area contributed by atoms with Gasteiger partial charge >= 0.3 is 17.9 Å². The van der Waals surface area contributed by atoms with Crippen LogP contribution in [-0.2, 0) is 44.8 Å². The molecule has 3 aliphatic rings. The third-order valence-corrected chi connectivity index (χ3v) is 17.4. The van der Waals surface area contributed by atoms with Gasteiger partial charge in [-0.15, -0.1) is 0 Å². The van der Waals surface area contributed by atoms with Crippen LogP contribution < -0.4 is 26.0 Å². The first kappa shape index (κ1) is 74.0. The zero-order valence-electron chi connectivity index (χ0n) is 52.7. The first-order valence-electron chi connectivity index (χ1n) is 31.9. The number of amides is 6. The minimum absolute atomic E-state index is 0.0932. The third-order valence-electron chi connectivity index (χ3n) is 16.7. The average Bonchev–Trinajstić information content (AvgIpc) is 1.31. The fourth-order valence-electron chi connectivity index (χ4n) is 11.7. The Morgan fingerprint density at radius 2 is 1.32 bits per heavy atom. The van der Waals surface area contributed by atoms with E-state index in [1.165, 1.54) is 25.5 Å². The maximum absolute atomic E-state index is 14.1. The fourth-order valence-corrected chi connectivity index (χ4v) is 12.0. The lowest BCUT2D eigenvalue weighted by Gasteiger charge is -2.33. The number of pyridine rings is 1. The second-order valence-corrected chi connectivity index (χ2v) is 25.2. The number of aliphatic carboxylic acids is 3. The number of aromatic nitrogens is 1. The van der Waals surface area contributed by atoms with Crippen LogP contribution in [0.25, 0.3) is 10.9 Å². The fraction of sp³-hybridized carbons (Fsp3) is 0.609. The van der Waals surface area contributed by atoms with Gasteiger partial charge in [-0.1, -0.05) is 25.0 Å². The molecule has 28 heteroatoms. The lowest BCUT2D eigenvalue weighted by molar-refractivity contribution is -0.140. The Bertz CT molecular complexity index is 2930. The first-order chi connectivity index (χ1) is 44.1. The lowest BCUT2D eigenvalue weighted by atomic mass is 9.91. The van der Waals surface area contributed by atoms with Crippen LogP contribution >= 0.6 is 22.6 Å². The molecule has 3 aliphatic heterocycles. The second-order valence-electron chi connectivity index (χ2n) is 23.9. The van der Waals surface area contributed by atoms with Crippen LogP contribution in [0, 0.1) is 9.49 Å². The summed E-state index contributed by atoms with van der Waals surface area (Å²) in [7, 11) is 1.45. The molecule has 0 bridgehead atoms. The summed E-state index contributed by atoms with van der Waals surface area (Å²) in [4.78, 5) is 133. The summed E-state index contributed by atoms with van der Waals surface area (Å²) in [6.07, 6.45) is 11.4. The summed E-state index contributed by atoms with van der Waals surface area (Å²) >= 11 is 2.24. The van der Waals surface area contributed by atoms with Crippen LogP contribution in [0.15, 0.2) is 59.7 Å². The Morgan fingerprint density at radius 1 is 0.696 bits per heavy atom. The Morgan fingerprint density at radius 3 is 1.93 bits per heavy atom. The quantitative estimate of drug-likeness (QED) is 0.0254. The van der Waals surface area contributed by atoms with Crippen molar-refractivity contribution in [2.75, 3.05) is 131 Å². The number of ether oxygens (including phenoxy) is 1. The van der Waals surface area contributed by atoms with Crippen LogP contribution in [0.5, 0.6) is 5.75 Å². The van der Waals surface area contributed by atoms with Gasteiger partial charge in [0.25, 0.3) is 11.8 Å². The number of aryl methyl sites for hydroxylation is 1. The number of benzene rings is 2. The number of carbonyl (C=O) groups is 9. The predicted molar refractivity (Wildman–Crippen MR) is 349 cm³/mol. The van der Waals surface area contributed by atoms with Gasteiger partial charge in [-0.05, 0) is 135 Å². The molecular weight excluding hydrogens is 1310 g/mol. The van der Waals surface area contributed by atoms with Crippen molar-refractivity contribution in [1.29, 1.82) is 0 Å². The third kappa shape index (κ3) is 26.9. The highest BCUT2D eigenvalue weighted by molar-refractivity contribution is 14.1. The molecule has 6 amide bonds. The highest BCUT2D eigenvalue weighted by Gasteiger charge is 2.46. The molecule has 92 heavy (non-hydrogen) atoms. The van der Waals surface area contributed by atoms with E-state index in [4.69, 9.17) is 4.74 Å². The molecule has 2 aromatic carbocycles. The summed E-state index contributed by atoms with van der Waals surface area (Å²) in [6, 6.07) is 13.1. The maximum Gasteiger partial charge on any atom is 0.317 e. The number of aliphatic imine (C=N–C) groups is 1. The van der Waals surface area contributed by atoms with Gasteiger partial charge in [0.15, 0.2) is 0 Å². The topological polar surface area (TPSA) is 316 Å². The Kier molecular flexibility index (Phi) is 31.3. The van der Waals surface area contributed by atoms with Gasteiger partial charge in [0.05, 0.1) is 63.0 Å². The second kappa shape index (κ2) is 38.9. The molecule has 25 nitrogen and oxygen atoms in total. The number of unbranched alkanes of at least 4 members (excludes halogenated alkanes) is 3. The van der Waals surface area contributed by atoms with Crippen molar-refractivity contribution in [3.8, 4) is 5.75 Å². The zero-order chi connectivity index (χ0) is 66.4. The first-order valence-corrected chi connectivity index (χ1v) is 33.0. The minimum atomic E-state index is -3.04. The van der Waals surface area contributed by atoms with Crippen molar-refractivity contribution in [2.45, 2.75) is 114 Å². The molecule has 7 N–H and O–H groups in total. The molecule has 2 atom stereocenters. The van der Waals surface area contributed by atoms with E-state index in [0.29, 0.717) is 93.8 Å². The smallest absolute Gasteiger partial charge is 0.317 e. The average molecular weight is 1400 g/mol. The van der Waals surface area contributed by atoms with Gasteiger partial charge in [0, 0.05) is 126 Å². The molecule has 3 fully saturated rings. The molecule has 3 aromatic rings. The highest BCUT2D eigenvalue weighted by Crippen LogP contribution is 2.32. The standard InChI is InChI=1S/C64H91F2IN12O13/c1-68-39-49-38-64(65,66)45-79(49)58(83)40-72-62(90)51-20-25-69-53-19-18-50(37-52(51)53)92-36-6-4-9-47-21-26-78(27-22-47)57(82)13-3-2-5-23-71-63(91)54(11-8-24-70-55(80)12-7-10-46-14-16-48(67)17-15-46)73-56(81)41-74-28-30-75(42-59(84)85)32-34-77(44-61(88)89)35-33-76(31-29-74)43-60(86)87/h14-20,25,37,39,47,49,54H,2-13,21-24,26-36,38,40-45H2,1H3,(H,70,80)(H,71,91)(H,72,90)(H,73,81)(H,84,85)(H,86,87)(H,88,89)/t49-,54+/m1/s1. The van der Waals surface area contributed by atoms with Gasteiger partial charge in [-0.25, -0.2) is 8.78 Å². The number of fused-ring (bicyclic) bond motifs is 1. The number of carboxylic acid groups (broad SMARTS) is 3. The molecule has 0 aliphatic carbocycles. The van der Waals surface area contributed by atoms with E-state index >= 15 is 0 Å². The lowest BCUT2D eigenvalue weighted by Crippen LogP contribution is -2.52. The molecule has 0 spiro atoms. The SMILES string of the molecule is CN=C[C@H]1CC(F)(F)CN1C(=O)CNC(=O)c1ccnc2ccc(OCCCCC3CCN(C(=O)CCCCCNC(=O)[C@H](CCCNC(=O)CCCc4ccc(I)cc4)NC(=O)CN4CCN(CC(=O)O)CCN(CC(=O)O)CCN(CC(=O)O)CC4)CC3)cc12. The number of rotatable bonds is 34. The molecular formula is C64H91F2IN12O13. The number of nitrogens with zero attached hydrogens (tertiary/aromatic N) is 8. The summed E-state index contributed by atoms with van der Waals surface area (Å²) in [5, 5.41) is 40.7. The van der Waals surface area contributed by atoms with E-state index in [1.807, 2.05) is 29.2 Å². The summed E-state index contributed by atoms with van der Waals surface area (Å²) in [5.74, 6) is -7.32. The monoisotopic (exact) mass is 1400 g/mol. The van der Waals surface area contributed by atoms with Crippen molar-refractivity contribution in [1.82, 2.24) is 55.7 Å². The number of nitrogens with one attached hydrogen (secondary N) is 4. The predicted octanol–water partition coefficient (Wildman–Crippen LogP) is 3.85. The van der Waals surface area contributed by atoms with E-state index in [9.17, 15) is 67.3 Å². The molecule has 6 rings (SSSR count).